The van der Waals surface area contributed by atoms with Crippen LogP contribution in [0.2, 0.25) is 0 Å². The van der Waals surface area contributed by atoms with Crippen molar-refractivity contribution in [3.8, 4) is 0 Å². The first-order valence-corrected chi connectivity index (χ1v) is 0. The Balaban J connectivity index is 0. The van der Waals surface area contributed by atoms with Crippen LogP contribution in [0.1, 0.15) is 0 Å². The molecule has 0 unspecified atom stereocenters. The molecule has 0 fully saturated rings. The minimum atomic E-state index is 0. The SMILES string of the molecule is O.O.O.O.O.[Fe].[Ti]. The summed E-state index contributed by atoms with van der Waals surface area (Å²) >= 11 is 0. The van der Waals surface area contributed by atoms with Gasteiger partial charge in [-0.05, 0) is 0 Å². The summed E-state index contributed by atoms with van der Waals surface area (Å²) in [4.78, 5) is 0. The monoisotopic (exact) mass is 194 g/mol. The Bertz CT molecular complexity index is 8.04. The van der Waals surface area contributed by atoms with Crippen LogP contribution in [0.4, 0.5) is 0 Å². The first-order valence-electron chi connectivity index (χ1n) is 0. The summed E-state index contributed by atoms with van der Waals surface area (Å²) in [5, 5.41) is 0. The van der Waals surface area contributed by atoms with E-state index < -0.39 is 0 Å². The molecule has 0 radical (unpaired) electrons. The molecule has 0 saturated heterocycles. The summed E-state index contributed by atoms with van der Waals surface area (Å²) in [5.74, 6) is 0. The molecule has 7 heavy (non-hydrogen) atoms. The maximum Gasteiger partial charge on any atom is 0 e. The molecule has 0 aromatic rings. The molecule has 0 rings (SSSR count). The van der Waals surface area contributed by atoms with E-state index in [2.05, 4.69) is 0 Å². The largest absolute Gasteiger partial charge is 0.412 e. The van der Waals surface area contributed by atoms with Gasteiger partial charge in [0, 0.05) is 38.8 Å². The van der Waals surface area contributed by atoms with Crippen LogP contribution in [-0.4, -0.2) is 27.4 Å². The predicted molar refractivity (Wildman–Crippen MR) is 18.1 cm³/mol. The molecule has 52 valence electrons. The van der Waals surface area contributed by atoms with E-state index in [1.54, 1.807) is 0 Å². The molecule has 0 aliphatic heterocycles. The summed E-state index contributed by atoms with van der Waals surface area (Å²) in [6.07, 6.45) is 0. The van der Waals surface area contributed by atoms with Gasteiger partial charge in [-0.3, -0.25) is 0 Å². The fraction of sp³-hybridized carbons (Fsp3) is 0. The average Bonchev–Trinajstić information content (AvgIpc) is 0. The Kier molecular flexibility index (Phi) is 12700. The minimum Gasteiger partial charge on any atom is -0.412 e. The first-order chi connectivity index (χ1) is 0. The van der Waals surface area contributed by atoms with Gasteiger partial charge in [-0.1, -0.05) is 0 Å². The van der Waals surface area contributed by atoms with Gasteiger partial charge in [0.05, 0.1) is 0 Å². The van der Waals surface area contributed by atoms with E-state index >= 15 is 0 Å². The summed E-state index contributed by atoms with van der Waals surface area (Å²) in [5.41, 5.74) is 0. The predicted octanol–water partition coefficient (Wildman–Crippen LogP) is -4.13. The van der Waals surface area contributed by atoms with E-state index in [1.165, 1.54) is 0 Å². The molecule has 0 atom stereocenters. The third kappa shape index (κ3) is 167. The van der Waals surface area contributed by atoms with Crippen LogP contribution in [0, 0.1) is 0 Å². The second-order valence-corrected chi connectivity index (χ2v) is 0. The number of hydrogen-bond donors (Lipinski definition) is 0. The molecule has 0 aromatic heterocycles. The zero-order valence-corrected chi connectivity index (χ0v) is 6.02. The average molecular weight is 194 g/mol. The van der Waals surface area contributed by atoms with Crippen LogP contribution in [0.25, 0.3) is 0 Å². The van der Waals surface area contributed by atoms with Gasteiger partial charge in [0.25, 0.3) is 0 Å². The molecule has 0 saturated carbocycles. The normalized spacial score (nSPS) is 0. The Labute approximate surface area is 66.4 Å². The minimum absolute atomic E-state index is 0. The second-order valence-electron chi connectivity index (χ2n) is 0. The van der Waals surface area contributed by atoms with Crippen molar-refractivity contribution < 1.29 is 66.2 Å². The smallest absolute Gasteiger partial charge is 0 e. The van der Waals surface area contributed by atoms with E-state index in [0.29, 0.717) is 0 Å². The Hall–Kier alpha value is 1.03. The molecule has 10 N–H and O–H groups in total. The summed E-state index contributed by atoms with van der Waals surface area (Å²) in [7, 11) is 0. The molecule has 0 heterocycles. The molecule has 0 spiro atoms. The first kappa shape index (κ1) is 372. The van der Waals surface area contributed by atoms with Gasteiger partial charge in [0.15, 0.2) is 0 Å². The molecule has 5 nitrogen and oxygen atoms in total. The zero-order valence-electron chi connectivity index (χ0n) is 3.35. The van der Waals surface area contributed by atoms with E-state index in [-0.39, 0.29) is 66.2 Å². The van der Waals surface area contributed by atoms with Crippen molar-refractivity contribution >= 4 is 0 Å². The molecule has 0 aromatic carbocycles. The molecule has 0 bridgehead atoms. The topological polar surface area (TPSA) is 158 Å². The molecule has 0 amide bonds. The van der Waals surface area contributed by atoms with E-state index in [0.717, 1.165) is 0 Å². The molecular formula is H10FeO5Ti. The molecular weight excluding hydrogens is 184 g/mol. The van der Waals surface area contributed by atoms with E-state index in [4.69, 9.17) is 0 Å². The van der Waals surface area contributed by atoms with E-state index in [1.807, 2.05) is 0 Å². The van der Waals surface area contributed by atoms with Crippen LogP contribution in [0.3, 0.4) is 0 Å². The van der Waals surface area contributed by atoms with Gasteiger partial charge in [-0.25, -0.2) is 0 Å². The van der Waals surface area contributed by atoms with Crippen molar-refractivity contribution in [2.45, 2.75) is 0 Å². The van der Waals surface area contributed by atoms with Crippen molar-refractivity contribution in [1.29, 1.82) is 0 Å². The third-order valence-electron chi connectivity index (χ3n) is 0. The van der Waals surface area contributed by atoms with Gasteiger partial charge in [0.2, 0.25) is 0 Å². The summed E-state index contributed by atoms with van der Waals surface area (Å²) in [6.45, 7) is 0. The van der Waals surface area contributed by atoms with Gasteiger partial charge in [-0.15, -0.1) is 0 Å². The molecule has 7 heteroatoms. The van der Waals surface area contributed by atoms with Gasteiger partial charge in [-0.2, -0.15) is 0 Å². The van der Waals surface area contributed by atoms with Crippen LogP contribution in [0.5, 0.6) is 0 Å². The fourth-order valence-electron chi connectivity index (χ4n) is 0. The van der Waals surface area contributed by atoms with Gasteiger partial charge < -0.3 is 27.4 Å². The Morgan fingerprint density at radius 3 is 0.429 bits per heavy atom. The maximum absolute atomic E-state index is 0. The van der Waals surface area contributed by atoms with Gasteiger partial charge >= 0.3 is 0 Å². The maximum atomic E-state index is 0. The van der Waals surface area contributed by atoms with Crippen molar-refractivity contribution in [2.24, 2.45) is 0 Å². The van der Waals surface area contributed by atoms with Crippen LogP contribution >= 0.6 is 0 Å². The molecule has 0 aliphatic carbocycles. The van der Waals surface area contributed by atoms with Crippen LogP contribution < -0.4 is 0 Å². The number of hydrogen-bond acceptors (Lipinski definition) is 0. The third-order valence-corrected chi connectivity index (χ3v) is 0. The van der Waals surface area contributed by atoms with Crippen LogP contribution in [-0.2, 0) is 38.8 Å². The Morgan fingerprint density at radius 1 is 0.429 bits per heavy atom. The van der Waals surface area contributed by atoms with Crippen LogP contribution in [0.15, 0.2) is 0 Å². The van der Waals surface area contributed by atoms with Crippen molar-refractivity contribution in [2.75, 3.05) is 0 Å². The number of rotatable bonds is 0. The second kappa shape index (κ2) is 240. The van der Waals surface area contributed by atoms with E-state index in [9.17, 15) is 0 Å². The standard InChI is InChI=1S/Fe.5H2O.Ti/h;5*1H2;. The van der Waals surface area contributed by atoms with Gasteiger partial charge in [0.1, 0.15) is 0 Å². The van der Waals surface area contributed by atoms with Crippen molar-refractivity contribution in [3.05, 3.63) is 0 Å². The fourth-order valence-corrected chi connectivity index (χ4v) is 0. The zero-order chi connectivity index (χ0) is 0. The summed E-state index contributed by atoms with van der Waals surface area (Å²) < 4.78 is 0. The Morgan fingerprint density at radius 2 is 0.429 bits per heavy atom. The molecule has 0 aliphatic rings. The van der Waals surface area contributed by atoms with Crippen molar-refractivity contribution in [1.82, 2.24) is 0 Å². The summed E-state index contributed by atoms with van der Waals surface area (Å²) in [6, 6.07) is 0. The van der Waals surface area contributed by atoms with Crippen molar-refractivity contribution in [3.63, 3.8) is 0 Å². The quantitative estimate of drug-likeness (QED) is 0.343.